The zero-order valence-corrected chi connectivity index (χ0v) is 12.7. The third-order valence-electron chi connectivity index (χ3n) is 3.45. The lowest BCUT2D eigenvalue weighted by Gasteiger charge is -2.06. The average molecular weight is 318 g/mol. The summed E-state index contributed by atoms with van der Waals surface area (Å²) < 4.78 is 10.6. The molecule has 0 bridgehead atoms. The molecule has 22 heavy (non-hydrogen) atoms. The van der Waals surface area contributed by atoms with Gasteiger partial charge < -0.3 is 14.8 Å². The molecule has 0 radical (unpaired) electrons. The second-order valence-corrected chi connectivity index (χ2v) is 5.53. The molecule has 1 aliphatic heterocycles. The Bertz CT molecular complexity index is 670. The lowest BCUT2D eigenvalue weighted by Crippen LogP contribution is -2.27. The summed E-state index contributed by atoms with van der Waals surface area (Å²) in [6.45, 7) is 0.844. The maximum atomic E-state index is 12.0. The topological polar surface area (TPSA) is 47.6 Å². The minimum Gasteiger partial charge on any atom is -0.454 e. The number of rotatable bonds is 5. The van der Waals surface area contributed by atoms with Crippen molar-refractivity contribution < 1.29 is 14.3 Å². The van der Waals surface area contributed by atoms with E-state index in [0.29, 0.717) is 18.7 Å². The second kappa shape index (κ2) is 6.71. The average Bonchev–Trinajstić information content (AvgIpc) is 2.97. The van der Waals surface area contributed by atoms with Crippen molar-refractivity contribution in [1.82, 2.24) is 5.32 Å². The van der Waals surface area contributed by atoms with Crippen LogP contribution in [0.2, 0.25) is 5.02 Å². The van der Waals surface area contributed by atoms with E-state index < -0.39 is 0 Å². The maximum absolute atomic E-state index is 12.0. The van der Waals surface area contributed by atoms with Gasteiger partial charge >= 0.3 is 0 Å². The summed E-state index contributed by atoms with van der Waals surface area (Å²) in [5.41, 5.74) is 2.06. The predicted molar refractivity (Wildman–Crippen MR) is 84.4 cm³/mol. The first-order chi connectivity index (χ1) is 10.7. The Kier molecular flexibility index (Phi) is 4.49. The summed E-state index contributed by atoms with van der Waals surface area (Å²) >= 11 is 5.84. The van der Waals surface area contributed by atoms with Gasteiger partial charge in [-0.1, -0.05) is 29.8 Å². The number of ether oxygens (including phenoxy) is 2. The highest BCUT2D eigenvalue weighted by Gasteiger charge is 2.14. The fourth-order valence-corrected chi connectivity index (χ4v) is 2.42. The first-order valence-corrected chi connectivity index (χ1v) is 7.48. The molecule has 2 aromatic carbocycles. The Balaban J connectivity index is 1.47. The minimum absolute atomic E-state index is 0.00664. The molecule has 5 heteroatoms. The largest absolute Gasteiger partial charge is 0.454 e. The van der Waals surface area contributed by atoms with E-state index >= 15 is 0 Å². The van der Waals surface area contributed by atoms with Crippen molar-refractivity contribution in [1.29, 1.82) is 0 Å². The molecule has 4 nitrogen and oxygen atoms in total. The van der Waals surface area contributed by atoms with E-state index in [4.69, 9.17) is 21.1 Å². The van der Waals surface area contributed by atoms with Gasteiger partial charge in [0.2, 0.25) is 12.7 Å². The van der Waals surface area contributed by atoms with Gasteiger partial charge in [-0.3, -0.25) is 4.79 Å². The maximum Gasteiger partial charge on any atom is 0.231 e. The van der Waals surface area contributed by atoms with Crippen molar-refractivity contribution in [2.24, 2.45) is 0 Å². The summed E-state index contributed by atoms with van der Waals surface area (Å²) in [6, 6.07) is 13.2. The molecule has 2 aromatic rings. The Morgan fingerprint density at radius 3 is 2.59 bits per heavy atom. The molecule has 1 amide bonds. The van der Waals surface area contributed by atoms with Crippen LogP contribution >= 0.6 is 11.6 Å². The summed E-state index contributed by atoms with van der Waals surface area (Å²) in [7, 11) is 0. The van der Waals surface area contributed by atoms with E-state index in [-0.39, 0.29) is 12.7 Å². The van der Waals surface area contributed by atoms with Crippen molar-refractivity contribution in [2.45, 2.75) is 12.8 Å². The van der Waals surface area contributed by atoms with Crippen LogP contribution in [0.15, 0.2) is 42.5 Å². The number of benzene rings is 2. The van der Waals surface area contributed by atoms with Crippen molar-refractivity contribution >= 4 is 17.5 Å². The predicted octanol–water partition coefficient (Wildman–Crippen LogP) is 2.97. The highest BCUT2D eigenvalue weighted by molar-refractivity contribution is 6.30. The Labute approximate surface area is 134 Å². The SMILES string of the molecule is O=C(Cc1ccc2c(c1)OCO2)NCCc1ccc(Cl)cc1. The molecular formula is C17H16ClNO3. The number of hydrogen-bond acceptors (Lipinski definition) is 3. The number of fused-ring (bicyclic) bond motifs is 1. The Hall–Kier alpha value is -2.20. The summed E-state index contributed by atoms with van der Waals surface area (Å²) in [4.78, 5) is 12.0. The number of hydrogen-bond donors (Lipinski definition) is 1. The van der Waals surface area contributed by atoms with Gasteiger partial charge in [0.1, 0.15) is 0 Å². The van der Waals surface area contributed by atoms with Gasteiger partial charge in [0.15, 0.2) is 11.5 Å². The van der Waals surface area contributed by atoms with E-state index in [9.17, 15) is 4.79 Å². The van der Waals surface area contributed by atoms with Gasteiger partial charge in [-0.2, -0.15) is 0 Å². The highest BCUT2D eigenvalue weighted by Crippen LogP contribution is 2.32. The van der Waals surface area contributed by atoms with Gasteiger partial charge in [0.05, 0.1) is 6.42 Å². The first kappa shape index (κ1) is 14.7. The van der Waals surface area contributed by atoms with Crippen molar-refractivity contribution in [3.05, 3.63) is 58.6 Å². The first-order valence-electron chi connectivity index (χ1n) is 7.10. The Morgan fingerprint density at radius 2 is 1.77 bits per heavy atom. The van der Waals surface area contributed by atoms with Crippen LogP contribution < -0.4 is 14.8 Å². The fourth-order valence-electron chi connectivity index (χ4n) is 2.30. The molecule has 0 saturated heterocycles. The molecule has 0 spiro atoms. The van der Waals surface area contributed by atoms with Crippen molar-refractivity contribution in [3.8, 4) is 11.5 Å². The van der Waals surface area contributed by atoms with Crippen LogP contribution in [0.3, 0.4) is 0 Å². The van der Waals surface area contributed by atoms with E-state index in [0.717, 1.165) is 28.3 Å². The van der Waals surface area contributed by atoms with Crippen LogP contribution in [-0.2, 0) is 17.6 Å². The minimum atomic E-state index is -0.00664. The van der Waals surface area contributed by atoms with Crippen LogP contribution in [0.1, 0.15) is 11.1 Å². The standard InChI is InChI=1S/C17H16ClNO3/c18-14-4-1-12(2-5-14)7-8-19-17(20)10-13-3-6-15-16(9-13)22-11-21-15/h1-6,9H,7-8,10-11H2,(H,19,20). The lowest BCUT2D eigenvalue weighted by atomic mass is 10.1. The third kappa shape index (κ3) is 3.71. The molecule has 1 N–H and O–H groups in total. The number of carbonyl (C=O) groups excluding carboxylic acids is 1. The van der Waals surface area contributed by atoms with Crippen LogP contribution in [0.25, 0.3) is 0 Å². The molecule has 0 atom stereocenters. The number of halogens is 1. The molecule has 0 unspecified atom stereocenters. The van der Waals surface area contributed by atoms with Crippen LogP contribution in [0.4, 0.5) is 0 Å². The zero-order valence-electron chi connectivity index (χ0n) is 12.0. The zero-order chi connectivity index (χ0) is 15.4. The van der Waals surface area contributed by atoms with Gasteiger partial charge in [-0.15, -0.1) is 0 Å². The van der Waals surface area contributed by atoms with Gasteiger partial charge in [-0.25, -0.2) is 0 Å². The van der Waals surface area contributed by atoms with E-state index in [1.54, 1.807) is 0 Å². The summed E-state index contributed by atoms with van der Waals surface area (Å²) in [5.74, 6) is 1.42. The smallest absolute Gasteiger partial charge is 0.231 e. The summed E-state index contributed by atoms with van der Waals surface area (Å²) in [6.07, 6.45) is 1.11. The van der Waals surface area contributed by atoms with Gasteiger partial charge in [0, 0.05) is 11.6 Å². The van der Waals surface area contributed by atoms with Gasteiger partial charge in [0.25, 0.3) is 0 Å². The fraction of sp³-hybridized carbons (Fsp3) is 0.235. The number of carbonyl (C=O) groups is 1. The normalized spacial score (nSPS) is 12.2. The third-order valence-corrected chi connectivity index (χ3v) is 3.70. The molecule has 3 rings (SSSR count). The Morgan fingerprint density at radius 1 is 1.05 bits per heavy atom. The monoisotopic (exact) mass is 317 g/mol. The van der Waals surface area contributed by atoms with Crippen LogP contribution in [0, 0.1) is 0 Å². The van der Waals surface area contributed by atoms with Crippen LogP contribution in [-0.4, -0.2) is 19.2 Å². The lowest BCUT2D eigenvalue weighted by molar-refractivity contribution is -0.120. The molecule has 0 aliphatic carbocycles. The second-order valence-electron chi connectivity index (χ2n) is 5.09. The number of nitrogens with one attached hydrogen (secondary N) is 1. The molecule has 0 aromatic heterocycles. The number of amides is 1. The molecular weight excluding hydrogens is 302 g/mol. The van der Waals surface area contributed by atoms with Crippen LogP contribution in [0.5, 0.6) is 11.5 Å². The van der Waals surface area contributed by atoms with Gasteiger partial charge in [-0.05, 0) is 41.8 Å². The van der Waals surface area contributed by atoms with Crippen molar-refractivity contribution in [3.63, 3.8) is 0 Å². The van der Waals surface area contributed by atoms with Crippen molar-refractivity contribution in [2.75, 3.05) is 13.3 Å². The molecule has 0 saturated carbocycles. The molecule has 1 heterocycles. The molecule has 0 fully saturated rings. The van der Waals surface area contributed by atoms with E-state index in [1.165, 1.54) is 0 Å². The van der Waals surface area contributed by atoms with E-state index in [2.05, 4.69) is 5.32 Å². The summed E-state index contributed by atoms with van der Waals surface area (Å²) in [5, 5.41) is 3.64. The molecule has 114 valence electrons. The van der Waals surface area contributed by atoms with E-state index in [1.807, 2.05) is 42.5 Å². The highest BCUT2D eigenvalue weighted by atomic mass is 35.5. The quantitative estimate of drug-likeness (QED) is 0.922. The molecule has 1 aliphatic rings.